The number of benzene rings is 2. The molecule has 2 aliphatic rings. The highest BCUT2D eigenvalue weighted by molar-refractivity contribution is 7.92. The van der Waals surface area contributed by atoms with Crippen molar-refractivity contribution in [2.45, 2.75) is 19.4 Å². The Labute approximate surface area is 176 Å². The smallest absolute Gasteiger partial charge is 0.236 e. The van der Waals surface area contributed by atoms with E-state index in [9.17, 15) is 13.2 Å². The molecule has 2 heterocycles. The minimum atomic E-state index is -3.50. The van der Waals surface area contributed by atoms with Gasteiger partial charge in [-0.25, -0.2) is 8.42 Å². The van der Waals surface area contributed by atoms with E-state index in [0.29, 0.717) is 44.0 Å². The molecule has 1 amide bonds. The van der Waals surface area contributed by atoms with Crippen LogP contribution in [0.1, 0.15) is 24.0 Å². The number of fused-ring (bicyclic) bond motifs is 1. The SMILES string of the molecule is O=C(NCc1ccc2c(c1)OCO2)C1CCN(S(=O)(=O)/C=C/c2ccccc2)CC1. The topological polar surface area (TPSA) is 84.9 Å². The van der Waals surface area contributed by atoms with Gasteiger partial charge in [0.1, 0.15) is 0 Å². The third kappa shape index (κ3) is 4.83. The van der Waals surface area contributed by atoms with Gasteiger partial charge in [-0.05, 0) is 42.2 Å². The molecule has 158 valence electrons. The molecule has 7 nitrogen and oxygen atoms in total. The summed E-state index contributed by atoms with van der Waals surface area (Å²) in [7, 11) is -3.50. The van der Waals surface area contributed by atoms with E-state index in [1.807, 2.05) is 48.5 Å². The number of nitrogens with zero attached hydrogens (tertiary/aromatic N) is 1. The van der Waals surface area contributed by atoms with Crippen molar-refractivity contribution < 1.29 is 22.7 Å². The molecule has 4 rings (SSSR count). The number of ether oxygens (including phenoxy) is 2. The van der Waals surface area contributed by atoms with Gasteiger partial charge in [-0.2, -0.15) is 4.31 Å². The van der Waals surface area contributed by atoms with Gasteiger partial charge in [-0.3, -0.25) is 4.79 Å². The lowest BCUT2D eigenvalue weighted by molar-refractivity contribution is -0.126. The normalized spacial score (nSPS) is 17.3. The number of hydrogen-bond acceptors (Lipinski definition) is 5. The molecule has 2 aliphatic heterocycles. The molecule has 30 heavy (non-hydrogen) atoms. The molecule has 0 saturated carbocycles. The monoisotopic (exact) mass is 428 g/mol. The summed E-state index contributed by atoms with van der Waals surface area (Å²) in [5, 5.41) is 4.18. The Kier molecular flexibility index (Phi) is 6.06. The van der Waals surface area contributed by atoms with E-state index >= 15 is 0 Å². The first-order valence-corrected chi connectivity index (χ1v) is 11.4. The zero-order valence-corrected chi connectivity index (χ0v) is 17.3. The molecule has 1 N–H and O–H groups in total. The number of nitrogens with one attached hydrogen (secondary N) is 1. The van der Waals surface area contributed by atoms with E-state index in [2.05, 4.69) is 5.32 Å². The van der Waals surface area contributed by atoms with Crippen LogP contribution in [-0.2, 0) is 21.4 Å². The quantitative estimate of drug-likeness (QED) is 0.765. The molecule has 0 spiro atoms. The summed E-state index contributed by atoms with van der Waals surface area (Å²) in [6.07, 6.45) is 2.61. The van der Waals surface area contributed by atoms with Gasteiger partial charge in [0.2, 0.25) is 22.7 Å². The van der Waals surface area contributed by atoms with E-state index in [4.69, 9.17) is 9.47 Å². The van der Waals surface area contributed by atoms with E-state index < -0.39 is 10.0 Å². The predicted molar refractivity (Wildman–Crippen MR) is 113 cm³/mol. The second-order valence-corrected chi connectivity index (χ2v) is 9.16. The third-order valence-electron chi connectivity index (χ3n) is 5.32. The van der Waals surface area contributed by atoms with Crippen LogP contribution in [0.25, 0.3) is 6.08 Å². The molecule has 1 saturated heterocycles. The van der Waals surface area contributed by atoms with E-state index in [-0.39, 0.29) is 18.6 Å². The van der Waals surface area contributed by atoms with Gasteiger partial charge in [-0.1, -0.05) is 36.4 Å². The minimum Gasteiger partial charge on any atom is -0.454 e. The van der Waals surface area contributed by atoms with Crippen molar-refractivity contribution in [1.29, 1.82) is 0 Å². The van der Waals surface area contributed by atoms with Gasteiger partial charge in [0.15, 0.2) is 11.5 Å². The molecule has 2 aromatic carbocycles. The van der Waals surface area contributed by atoms with Crippen molar-refractivity contribution in [3.8, 4) is 11.5 Å². The number of piperidine rings is 1. The second-order valence-electron chi connectivity index (χ2n) is 7.34. The molecular formula is C22H24N2O5S. The average Bonchev–Trinajstić information content (AvgIpc) is 3.25. The fourth-order valence-electron chi connectivity index (χ4n) is 3.57. The summed E-state index contributed by atoms with van der Waals surface area (Å²) in [5.41, 5.74) is 1.76. The minimum absolute atomic E-state index is 0.0513. The number of amides is 1. The summed E-state index contributed by atoms with van der Waals surface area (Å²) in [6, 6.07) is 14.9. The van der Waals surface area contributed by atoms with Crippen LogP contribution in [0.5, 0.6) is 11.5 Å². The molecule has 0 unspecified atom stereocenters. The van der Waals surface area contributed by atoms with Crippen molar-refractivity contribution in [3.63, 3.8) is 0 Å². The second kappa shape index (κ2) is 8.89. The fraction of sp³-hybridized carbons (Fsp3) is 0.318. The number of carbonyl (C=O) groups excluding carboxylic acids is 1. The zero-order valence-electron chi connectivity index (χ0n) is 16.5. The molecule has 0 aromatic heterocycles. The Morgan fingerprint density at radius 2 is 1.80 bits per heavy atom. The average molecular weight is 429 g/mol. The van der Waals surface area contributed by atoms with Gasteiger partial charge in [0.05, 0.1) is 0 Å². The highest BCUT2D eigenvalue weighted by Crippen LogP contribution is 2.32. The first-order valence-electron chi connectivity index (χ1n) is 9.91. The van der Waals surface area contributed by atoms with Crippen LogP contribution in [0.3, 0.4) is 0 Å². The number of carbonyl (C=O) groups is 1. The lowest BCUT2D eigenvalue weighted by Gasteiger charge is -2.29. The Hall–Kier alpha value is -2.84. The Balaban J connectivity index is 1.27. The van der Waals surface area contributed by atoms with Crippen LogP contribution in [0, 0.1) is 5.92 Å². The fourth-order valence-corrected chi connectivity index (χ4v) is 4.79. The van der Waals surface area contributed by atoms with E-state index in [1.165, 1.54) is 9.71 Å². The highest BCUT2D eigenvalue weighted by Gasteiger charge is 2.29. The van der Waals surface area contributed by atoms with Crippen LogP contribution in [-0.4, -0.2) is 38.5 Å². The lowest BCUT2D eigenvalue weighted by atomic mass is 9.97. The standard InChI is InChI=1S/C22H24N2O5S/c25-22(23-15-18-6-7-20-21(14-18)29-16-28-20)19-8-11-24(12-9-19)30(26,27)13-10-17-4-2-1-3-5-17/h1-7,10,13-14,19H,8-9,11-12,15-16H2,(H,23,25)/b13-10+. The van der Waals surface area contributed by atoms with E-state index in [1.54, 1.807) is 6.08 Å². The van der Waals surface area contributed by atoms with Crippen LogP contribution in [0.15, 0.2) is 53.9 Å². The van der Waals surface area contributed by atoms with E-state index in [0.717, 1.165) is 11.1 Å². The molecule has 0 atom stereocenters. The summed E-state index contributed by atoms with van der Waals surface area (Å²) in [4.78, 5) is 12.5. The molecule has 8 heteroatoms. The molecular weight excluding hydrogens is 404 g/mol. The molecule has 2 aromatic rings. The maximum atomic E-state index is 12.6. The van der Waals surface area contributed by atoms with Crippen LogP contribution >= 0.6 is 0 Å². The van der Waals surface area contributed by atoms with Crippen molar-refractivity contribution in [2.24, 2.45) is 5.92 Å². The lowest BCUT2D eigenvalue weighted by Crippen LogP contribution is -2.42. The summed E-state index contributed by atoms with van der Waals surface area (Å²) in [6.45, 7) is 1.29. The maximum absolute atomic E-state index is 12.6. The zero-order chi connectivity index (χ0) is 21.0. The van der Waals surface area contributed by atoms with Crippen molar-refractivity contribution in [2.75, 3.05) is 19.9 Å². The maximum Gasteiger partial charge on any atom is 0.236 e. The third-order valence-corrected chi connectivity index (χ3v) is 6.89. The first kappa shape index (κ1) is 20.4. The van der Waals surface area contributed by atoms with Gasteiger partial charge in [-0.15, -0.1) is 0 Å². The molecule has 0 aliphatic carbocycles. The van der Waals surface area contributed by atoms with Gasteiger partial charge in [0, 0.05) is 31.0 Å². The predicted octanol–water partition coefficient (Wildman–Crippen LogP) is 2.74. The Morgan fingerprint density at radius 3 is 2.57 bits per heavy atom. The van der Waals surface area contributed by atoms with Gasteiger partial charge in [0.25, 0.3) is 0 Å². The largest absolute Gasteiger partial charge is 0.454 e. The van der Waals surface area contributed by atoms with Crippen molar-refractivity contribution >= 4 is 22.0 Å². The number of sulfonamides is 1. The summed E-state index contributed by atoms with van der Waals surface area (Å²) < 4.78 is 37.2. The van der Waals surface area contributed by atoms with Crippen molar-refractivity contribution in [3.05, 3.63) is 65.1 Å². The van der Waals surface area contributed by atoms with Crippen LogP contribution in [0.2, 0.25) is 0 Å². The van der Waals surface area contributed by atoms with Gasteiger partial charge < -0.3 is 14.8 Å². The molecule has 0 radical (unpaired) electrons. The molecule has 0 bridgehead atoms. The Morgan fingerprint density at radius 1 is 1.07 bits per heavy atom. The first-order chi connectivity index (χ1) is 14.5. The summed E-state index contributed by atoms with van der Waals surface area (Å²) in [5.74, 6) is 1.15. The Bertz CT molecular complexity index is 1030. The number of rotatable bonds is 6. The van der Waals surface area contributed by atoms with Crippen LogP contribution in [0.4, 0.5) is 0 Å². The van der Waals surface area contributed by atoms with Crippen LogP contribution < -0.4 is 14.8 Å². The van der Waals surface area contributed by atoms with Gasteiger partial charge >= 0.3 is 0 Å². The number of hydrogen-bond donors (Lipinski definition) is 1. The van der Waals surface area contributed by atoms with Crippen molar-refractivity contribution in [1.82, 2.24) is 9.62 Å². The summed E-state index contributed by atoms with van der Waals surface area (Å²) >= 11 is 0. The molecule has 1 fully saturated rings. The highest BCUT2D eigenvalue weighted by atomic mass is 32.2.